The lowest BCUT2D eigenvalue weighted by Crippen LogP contribution is -2.15. The zero-order valence-corrected chi connectivity index (χ0v) is 12.6. The van der Waals surface area contributed by atoms with E-state index in [1.54, 1.807) is 14.2 Å². The Kier molecular flexibility index (Phi) is 5.06. The summed E-state index contributed by atoms with van der Waals surface area (Å²) in [6.45, 7) is 2.54. The highest BCUT2D eigenvalue weighted by molar-refractivity contribution is 5.52. The molecule has 0 aliphatic heterocycles. The van der Waals surface area contributed by atoms with Crippen LogP contribution >= 0.6 is 0 Å². The van der Waals surface area contributed by atoms with Crippen LogP contribution in [0.1, 0.15) is 24.1 Å². The minimum Gasteiger partial charge on any atom is -0.496 e. The Morgan fingerprint density at radius 3 is 2.05 bits per heavy atom. The summed E-state index contributed by atoms with van der Waals surface area (Å²) in [6.07, 6.45) is 0. The second kappa shape index (κ2) is 6.99. The fraction of sp³-hybridized carbons (Fsp3) is 0.294. The van der Waals surface area contributed by atoms with Crippen LogP contribution in [0.3, 0.4) is 0 Å². The minimum atomic E-state index is -0.390. The van der Waals surface area contributed by atoms with Gasteiger partial charge < -0.3 is 19.9 Å². The number of nitrogens with two attached hydrogens (primary N) is 1. The molecule has 4 heteroatoms. The topological polar surface area (TPSA) is 53.7 Å². The lowest BCUT2D eigenvalue weighted by Gasteiger charge is -2.21. The molecule has 0 aromatic heterocycles. The van der Waals surface area contributed by atoms with Crippen molar-refractivity contribution >= 4 is 0 Å². The third-order valence-electron chi connectivity index (χ3n) is 3.33. The minimum absolute atomic E-state index is 0.390. The molecular weight excluding hydrogens is 266 g/mol. The van der Waals surface area contributed by atoms with Gasteiger partial charge in [-0.2, -0.15) is 0 Å². The molecule has 2 aromatic carbocycles. The fourth-order valence-electron chi connectivity index (χ4n) is 2.37. The molecule has 0 bridgehead atoms. The van der Waals surface area contributed by atoms with Gasteiger partial charge in [-0.25, -0.2) is 0 Å². The number of rotatable bonds is 6. The van der Waals surface area contributed by atoms with Crippen LogP contribution in [-0.4, -0.2) is 20.8 Å². The van der Waals surface area contributed by atoms with Crippen LogP contribution in [0.5, 0.6) is 17.2 Å². The van der Waals surface area contributed by atoms with E-state index in [0.29, 0.717) is 18.1 Å². The van der Waals surface area contributed by atoms with Crippen LogP contribution < -0.4 is 19.9 Å². The van der Waals surface area contributed by atoms with Crippen LogP contribution in [0.2, 0.25) is 0 Å². The summed E-state index contributed by atoms with van der Waals surface area (Å²) >= 11 is 0. The summed E-state index contributed by atoms with van der Waals surface area (Å²) in [4.78, 5) is 0. The standard InChI is InChI=1S/C17H21NO3/c1-4-21-13-9-6-5-8-12(13)17(18)16-14(19-2)10-7-11-15(16)20-3/h5-11,17H,4,18H2,1-3H3. The largest absolute Gasteiger partial charge is 0.496 e. The lowest BCUT2D eigenvalue weighted by molar-refractivity contribution is 0.334. The summed E-state index contributed by atoms with van der Waals surface area (Å²) in [5.74, 6) is 2.18. The van der Waals surface area contributed by atoms with E-state index in [1.807, 2.05) is 49.4 Å². The van der Waals surface area contributed by atoms with E-state index >= 15 is 0 Å². The van der Waals surface area contributed by atoms with Crippen LogP contribution in [-0.2, 0) is 0 Å². The lowest BCUT2D eigenvalue weighted by atomic mass is 9.97. The molecule has 0 saturated heterocycles. The number of hydrogen-bond acceptors (Lipinski definition) is 4. The molecule has 21 heavy (non-hydrogen) atoms. The summed E-state index contributed by atoms with van der Waals surface area (Å²) in [5.41, 5.74) is 8.18. The van der Waals surface area contributed by atoms with Crippen molar-refractivity contribution < 1.29 is 14.2 Å². The number of benzene rings is 2. The van der Waals surface area contributed by atoms with E-state index in [0.717, 1.165) is 16.9 Å². The maximum atomic E-state index is 6.46. The third-order valence-corrected chi connectivity index (χ3v) is 3.33. The van der Waals surface area contributed by atoms with Crippen molar-refractivity contribution in [2.24, 2.45) is 5.73 Å². The first-order chi connectivity index (χ1) is 10.2. The van der Waals surface area contributed by atoms with E-state index in [9.17, 15) is 0 Å². The predicted octanol–water partition coefficient (Wildman–Crippen LogP) is 3.15. The first-order valence-electron chi connectivity index (χ1n) is 6.91. The van der Waals surface area contributed by atoms with E-state index in [4.69, 9.17) is 19.9 Å². The molecule has 0 aliphatic carbocycles. The Morgan fingerprint density at radius 1 is 0.905 bits per heavy atom. The van der Waals surface area contributed by atoms with Crippen molar-refractivity contribution in [2.45, 2.75) is 13.0 Å². The van der Waals surface area contributed by atoms with E-state index in [1.165, 1.54) is 0 Å². The molecular formula is C17H21NO3. The highest BCUT2D eigenvalue weighted by atomic mass is 16.5. The highest BCUT2D eigenvalue weighted by Crippen LogP contribution is 2.38. The first kappa shape index (κ1) is 15.2. The predicted molar refractivity (Wildman–Crippen MR) is 83.2 cm³/mol. The molecule has 0 amide bonds. The third kappa shape index (κ3) is 3.11. The molecule has 0 saturated carbocycles. The monoisotopic (exact) mass is 287 g/mol. The molecule has 2 aromatic rings. The maximum absolute atomic E-state index is 6.46. The maximum Gasteiger partial charge on any atom is 0.127 e. The van der Waals surface area contributed by atoms with Gasteiger partial charge in [0.25, 0.3) is 0 Å². The van der Waals surface area contributed by atoms with Crippen LogP contribution in [0.4, 0.5) is 0 Å². The van der Waals surface area contributed by atoms with E-state index in [2.05, 4.69) is 0 Å². The summed E-state index contributed by atoms with van der Waals surface area (Å²) < 4.78 is 16.5. The zero-order chi connectivity index (χ0) is 15.2. The molecule has 2 N–H and O–H groups in total. The molecule has 0 radical (unpaired) electrons. The van der Waals surface area contributed by atoms with Gasteiger partial charge in [0.1, 0.15) is 17.2 Å². The van der Waals surface area contributed by atoms with E-state index in [-0.39, 0.29) is 6.04 Å². The summed E-state index contributed by atoms with van der Waals surface area (Å²) in [5, 5.41) is 0. The molecule has 0 aliphatic rings. The van der Waals surface area contributed by atoms with Gasteiger partial charge in [0.15, 0.2) is 0 Å². The number of para-hydroxylation sites is 1. The molecule has 0 spiro atoms. The number of methoxy groups -OCH3 is 2. The Bertz CT molecular complexity index is 576. The number of ether oxygens (including phenoxy) is 3. The SMILES string of the molecule is CCOc1ccccc1C(N)c1c(OC)cccc1OC. The Balaban J connectivity index is 2.52. The Morgan fingerprint density at radius 2 is 1.48 bits per heavy atom. The molecule has 1 atom stereocenters. The van der Waals surface area contributed by atoms with Crippen molar-refractivity contribution in [3.05, 3.63) is 53.6 Å². The van der Waals surface area contributed by atoms with Gasteiger partial charge in [0, 0.05) is 5.56 Å². The molecule has 2 rings (SSSR count). The van der Waals surface area contributed by atoms with Crippen LogP contribution in [0.25, 0.3) is 0 Å². The van der Waals surface area contributed by atoms with Gasteiger partial charge in [-0.15, -0.1) is 0 Å². The van der Waals surface area contributed by atoms with Crippen LogP contribution in [0.15, 0.2) is 42.5 Å². The van der Waals surface area contributed by atoms with Gasteiger partial charge in [-0.3, -0.25) is 0 Å². The van der Waals surface area contributed by atoms with Crippen LogP contribution in [0, 0.1) is 0 Å². The quantitative estimate of drug-likeness (QED) is 0.886. The van der Waals surface area contributed by atoms with Crippen molar-refractivity contribution in [1.82, 2.24) is 0 Å². The van der Waals surface area contributed by atoms with Gasteiger partial charge in [-0.05, 0) is 25.1 Å². The zero-order valence-electron chi connectivity index (χ0n) is 12.6. The smallest absolute Gasteiger partial charge is 0.127 e. The second-order valence-corrected chi connectivity index (χ2v) is 4.52. The average Bonchev–Trinajstić information content (AvgIpc) is 2.54. The highest BCUT2D eigenvalue weighted by Gasteiger charge is 2.21. The molecule has 4 nitrogen and oxygen atoms in total. The summed E-state index contributed by atoms with van der Waals surface area (Å²) in [7, 11) is 3.25. The number of hydrogen-bond donors (Lipinski definition) is 1. The van der Waals surface area contributed by atoms with Crippen molar-refractivity contribution in [3.8, 4) is 17.2 Å². The molecule has 0 fully saturated rings. The van der Waals surface area contributed by atoms with Gasteiger partial charge in [-0.1, -0.05) is 24.3 Å². The van der Waals surface area contributed by atoms with Crippen molar-refractivity contribution in [3.63, 3.8) is 0 Å². The fourth-order valence-corrected chi connectivity index (χ4v) is 2.37. The van der Waals surface area contributed by atoms with Gasteiger partial charge >= 0.3 is 0 Å². The van der Waals surface area contributed by atoms with Gasteiger partial charge in [0.05, 0.1) is 32.4 Å². The summed E-state index contributed by atoms with van der Waals surface area (Å²) in [6, 6.07) is 13.0. The molecule has 1 unspecified atom stereocenters. The average molecular weight is 287 g/mol. The second-order valence-electron chi connectivity index (χ2n) is 4.52. The van der Waals surface area contributed by atoms with Gasteiger partial charge in [0.2, 0.25) is 0 Å². The van der Waals surface area contributed by atoms with E-state index < -0.39 is 0 Å². The molecule has 0 heterocycles. The first-order valence-corrected chi connectivity index (χ1v) is 6.91. The van der Waals surface area contributed by atoms with Crippen molar-refractivity contribution in [1.29, 1.82) is 0 Å². The van der Waals surface area contributed by atoms with Crippen molar-refractivity contribution in [2.75, 3.05) is 20.8 Å². The Hall–Kier alpha value is -2.20. The molecule has 112 valence electrons. The normalized spacial score (nSPS) is 11.8. The Labute approximate surface area is 125 Å².